The number of allylic oxidation sites excluding steroid dienone is 2. The zero-order valence-electron chi connectivity index (χ0n) is 19.3. The molecule has 2 aromatic rings. The molecule has 6 nitrogen and oxygen atoms in total. The molecule has 2 bridgehead atoms. The van der Waals surface area contributed by atoms with Crippen LogP contribution in [0.2, 0.25) is 0 Å². The first kappa shape index (κ1) is 24.5. The highest BCUT2D eigenvalue weighted by molar-refractivity contribution is 7.89. The summed E-state index contributed by atoms with van der Waals surface area (Å²) in [6, 6.07) is 18.7. The molecule has 0 saturated carbocycles. The van der Waals surface area contributed by atoms with Gasteiger partial charge in [0.15, 0.2) is 0 Å². The Bertz CT molecular complexity index is 1050. The summed E-state index contributed by atoms with van der Waals surface area (Å²) < 4.78 is 38.7. The Morgan fingerprint density at radius 1 is 0.971 bits per heavy atom. The molecule has 0 radical (unpaired) electrons. The highest BCUT2D eigenvalue weighted by Crippen LogP contribution is 2.45. The van der Waals surface area contributed by atoms with Gasteiger partial charge in [0.25, 0.3) is 0 Å². The van der Waals surface area contributed by atoms with Gasteiger partial charge in [-0.3, -0.25) is 9.52 Å². The van der Waals surface area contributed by atoms with E-state index in [0.717, 1.165) is 31.4 Å². The van der Waals surface area contributed by atoms with Crippen LogP contribution < -0.4 is 9.46 Å². The van der Waals surface area contributed by atoms with E-state index in [4.69, 9.17) is 9.47 Å². The van der Waals surface area contributed by atoms with Gasteiger partial charge in [-0.15, -0.1) is 0 Å². The molecule has 0 aromatic heterocycles. The summed E-state index contributed by atoms with van der Waals surface area (Å²) >= 11 is 0. The van der Waals surface area contributed by atoms with Crippen LogP contribution in [0.15, 0.2) is 72.8 Å². The van der Waals surface area contributed by atoms with Crippen LogP contribution in [0.3, 0.4) is 0 Å². The lowest BCUT2D eigenvalue weighted by molar-refractivity contribution is -0.119. The third-order valence-electron chi connectivity index (χ3n) is 6.59. The largest absolute Gasteiger partial charge is 0.493 e. The van der Waals surface area contributed by atoms with Crippen LogP contribution in [0.5, 0.6) is 5.75 Å². The molecule has 34 heavy (non-hydrogen) atoms. The van der Waals surface area contributed by atoms with Crippen molar-refractivity contribution in [3.63, 3.8) is 0 Å². The number of fused-ring (bicyclic) bond motifs is 2. The minimum Gasteiger partial charge on any atom is -0.493 e. The number of carbonyl (C=O) groups is 1. The molecule has 4 rings (SSSR count). The highest BCUT2D eigenvalue weighted by atomic mass is 32.2. The predicted octanol–water partition coefficient (Wildman–Crippen LogP) is 4.62. The molecule has 0 unspecified atom stereocenters. The molecule has 2 aliphatic heterocycles. The summed E-state index contributed by atoms with van der Waals surface area (Å²) in [6.45, 7) is 0.668. The van der Waals surface area contributed by atoms with Crippen molar-refractivity contribution >= 4 is 15.9 Å². The quantitative estimate of drug-likeness (QED) is 0.352. The van der Waals surface area contributed by atoms with E-state index in [1.807, 2.05) is 36.4 Å². The maximum atomic E-state index is 12.2. The number of amides is 1. The van der Waals surface area contributed by atoms with Gasteiger partial charge in [0.1, 0.15) is 5.75 Å². The SMILES string of the molecule is O=C(CCCC=CC[C@@H]1[C@H](COc2ccccc2)[C@@H]2CC[C@H]1O2)NS(=O)(=O)Cc1ccccc1. The minimum atomic E-state index is -3.67. The van der Waals surface area contributed by atoms with Crippen molar-refractivity contribution in [2.24, 2.45) is 11.8 Å². The Labute approximate surface area is 202 Å². The molecule has 2 saturated heterocycles. The van der Waals surface area contributed by atoms with Gasteiger partial charge in [0.2, 0.25) is 15.9 Å². The Kier molecular flexibility index (Phi) is 8.40. The molecule has 2 heterocycles. The van der Waals surface area contributed by atoms with Gasteiger partial charge in [0, 0.05) is 12.3 Å². The Morgan fingerprint density at radius 3 is 2.38 bits per heavy atom. The fourth-order valence-corrected chi connectivity index (χ4v) is 6.10. The normalized spacial score (nSPS) is 23.9. The smallest absolute Gasteiger partial charge is 0.239 e. The molecule has 2 aromatic carbocycles. The second kappa shape index (κ2) is 11.7. The summed E-state index contributed by atoms with van der Waals surface area (Å²) in [7, 11) is -3.67. The third-order valence-corrected chi connectivity index (χ3v) is 7.85. The van der Waals surface area contributed by atoms with E-state index in [2.05, 4.69) is 16.9 Å². The van der Waals surface area contributed by atoms with Gasteiger partial charge in [0.05, 0.1) is 24.6 Å². The molecular weight excluding hydrogens is 450 g/mol. The fraction of sp³-hybridized carbons (Fsp3) is 0.444. The molecule has 2 fully saturated rings. The Hall–Kier alpha value is -2.64. The molecule has 7 heteroatoms. The van der Waals surface area contributed by atoms with Crippen LogP contribution in [0.4, 0.5) is 0 Å². The van der Waals surface area contributed by atoms with E-state index >= 15 is 0 Å². The molecule has 1 N–H and O–H groups in total. The molecule has 0 spiro atoms. The second-order valence-electron chi connectivity index (χ2n) is 9.11. The fourth-order valence-electron chi connectivity index (χ4n) is 4.94. The summed E-state index contributed by atoms with van der Waals surface area (Å²) in [5.41, 5.74) is 0.655. The van der Waals surface area contributed by atoms with Crippen LogP contribution in [0, 0.1) is 11.8 Å². The van der Waals surface area contributed by atoms with E-state index in [1.165, 1.54) is 0 Å². The van der Waals surface area contributed by atoms with Crippen molar-refractivity contribution in [3.05, 3.63) is 78.4 Å². The van der Waals surface area contributed by atoms with Gasteiger partial charge < -0.3 is 9.47 Å². The molecule has 1 amide bonds. The van der Waals surface area contributed by atoms with Crippen molar-refractivity contribution in [3.8, 4) is 5.75 Å². The van der Waals surface area contributed by atoms with Crippen LogP contribution in [0.25, 0.3) is 0 Å². The van der Waals surface area contributed by atoms with Crippen molar-refractivity contribution in [1.29, 1.82) is 0 Å². The third kappa shape index (κ3) is 6.93. The lowest BCUT2D eigenvalue weighted by Gasteiger charge is -2.27. The van der Waals surface area contributed by atoms with Crippen molar-refractivity contribution in [1.82, 2.24) is 4.72 Å². The number of para-hydroxylation sites is 1. The van der Waals surface area contributed by atoms with E-state index in [1.54, 1.807) is 24.3 Å². The average molecular weight is 484 g/mol. The molecule has 2 aliphatic rings. The van der Waals surface area contributed by atoms with Crippen LogP contribution in [-0.2, 0) is 25.3 Å². The van der Waals surface area contributed by atoms with Crippen molar-refractivity contribution in [2.45, 2.75) is 56.5 Å². The maximum absolute atomic E-state index is 12.2. The average Bonchev–Trinajstić information content (AvgIpc) is 3.42. The van der Waals surface area contributed by atoms with Crippen LogP contribution >= 0.6 is 0 Å². The van der Waals surface area contributed by atoms with Crippen molar-refractivity contribution < 1.29 is 22.7 Å². The monoisotopic (exact) mass is 483 g/mol. The number of unbranched alkanes of at least 4 members (excludes halogenated alkanes) is 1. The lowest BCUT2D eigenvalue weighted by atomic mass is 9.78. The van der Waals surface area contributed by atoms with Crippen molar-refractivity contribution in [2.75, 3.05) is 6.61 Å². The number of hydrogen-bond acceptors (Lipinski definition) is 5. The van der Waals surface area contributed by atoms with Crippen LogP contribution in [0.1, 0.15) is 44.1 Å². The van der Waals surface area contributed by atoms with Gasteiger partial charge in [-0.25, -0.2) is 8.42 Å². The second-order valence-corrected chi connectivity index (χ2v) is 10.8. The number of nitrogens with one attached hydrogen (secondary N) is 1. The summed E-state index contributed by atoms with van der Waals surface area (Å²) in [6.07, 6.45) is 9.54. The standard InChI is InChI=1S/C27H33NO5S/c29-27(28-34(30,31)20-21-11-5-3-6-12-21)16-10-2-1-9-15-23-24(26-18-17-25(23)33-26)19-32-22-13-7-4-8-14-22/h1,3-9,11-14,23-26H,2,10,15-20H2,(H,28,29)/t23-,24+,25-,26+/m1/s1. The minimum absolute atomic E-state index is 0.184. The first-order chi connectivity index (χ1) is 16.5. The van der Waals surface area contributed by atoms with E-state index in [-0.39, 0.29) is 18.3 Å². The molecule has 182 valence electrons. The Balaban J connectivity index is 1.16. The van der Waals surface area contributed by atoms with Gasteiger partial charge in [-0.2, -0.15) is 0 Å². The summed E-state index contributed by atoms with van der Waals surface area (Å²) in [4.78, 5) is 12.1. The summed E-state index contributed by atoms with van der Waals surface area (Å²) in [5, 5.41) is 0. The number of carbonyl (C=O) groups excluding carboxylic acids is 1. The Morgan fingerprint density at radius 2 is 1.65 bits per heavy atom. The van der Waals surface area contributed by atoms with E-state index in [0.29, 0.717) is 36.5 Å². The first-order valence-corrected chi connectivity index (χ1v) is 13.7. The van der Waals surface area contributed by atoms with Crippen LogP contribution in [-0.4, -0.2) is 33.1 Å². The van der Waals surface area contributed by atoms with Gasteiger partial charge >= 0.3 is 0 Å². The number of ether oxygens (including phenoxy) is 2. The number of benzene rings is 2. The maximum Gasteiger partial charge on any atom is 0.239 e. The zero-order chi connectivity index (χ0) is 23.8. The van der Waals surface area contributed by atoms with Gasteiger partial charge in [-0.1, -0.05) is 60.7 Å². The number of sulfonamides is 1. The lowest BCUT2D eigenvalue weighted by Crippen LogP contribution is -2.31. The number of hydrogen-bond donors (Lipinski definition) is 1. The molecular formula is C27H33NO5S. The number of rotatable bonds is 12. The topological polar surface area (TPSA) is 81.7 Å². The van der Waals surface area contributed by atoms with E-state index in [9.17, 15) is 13.2 Å². The predicted molar refractivity (Wildman–Crippen MR) is 132 cm³/mol. The van der Waals surface area contributed by atoms with Gasteiger partial charge in [-0.05, 0) is 55.7 Å². The first-order valence-electron chi connectivity index (χ1n) is 12.1. The molecule has 0 aliphatic carbocycles. The zero-order valence-corrected chi connectivity index (χ0v) is 20.2. The van der Waals surface area contributed by atoms with E-state index < -0.39 is 15.9 Å². The highest BCUT2D eigenvalue weighted by Gasteiger charge is 2.48. The molecule has 4 atom stereocenters. The summed E-state index contributed by atoms with van der Waals surface area (Å²) in [5.74, 6) is 1.09.